The third kappa shape index (κ3) is 3.77. The summed E-state index contributed by atoms with van der Waals surface area (Å²) >= 11 is 0. The van der Waals surface area contributed by atoms with E-state index in [1.807, 2.05) is 0 Å². The molecule has 5 rings (SSSR count). The zero-order chi connectivity index (χ0) is 22.2. The number of hydrogen-bond acceptors (Lipinski definition) is 6. The molecule has 1 unspecified atom stereocenters. The van der Waals surface area contributed by atoms with Crippen molar-refractivity contribution in [1.29, 1.82) is 0 Å². The number of carbonyl (C=O) groups is 2. The largest absolute Gasteiger partial charge is 0.479 e. The zero-order valence-corrected chi connectivity index (χ0v) is 16.8. The van der Waals surface area contributed by atoms with E-state index in [1.54, 1.807) is 18.2 Å². The molecule has 0 N–H and O–H groups in total. The molecule has 1 amide bonds. The Labute approximate surface area is 181 Å². The van der Waals surface area contributed by atoms with Gasteiger partial charge in [-0.1, -0.05) is 0 Å². The SMILES string of the molecule is O=C1CCc2c(F)cc(N3CCC(Oc4ccc(Oc5ccc(F)cn5)nc4)C3=O)cc21. The van der Waals surface area contributed by atoms with Gasteiger partial charge in [-0.2, -0.15) is 0 Å². The molecule has 1 saturated heterocycles. The number of benzene rings is 1. The molecule has 0 bridgehead atoms. The fraction of sp³-hybridized carbons (Fsp3) is 0.217. The molecule has 7 nitrogen and oxygen atoms in total. The minimum absolute atomic E-state index is 0.107. The number of anilines is 1. The number of aromatic nitrogens is 2. The Kier molecular flexibility index (Phi) is 5.01. The number of halogens is 2. The van der Waals surface area contributed by atoms with E-state index in [0.29, 0.717) is 48.4 Å². The van der Waals surface area contributed by atoms with Crippen molar-refractivity contribution in [2.45, 2.75) is 25.4 Å². The van der Waals surface area contributed by atoms with Gasteiger partial charge in [-0.15, -0.1) is 0 Å². The van der Waals surface area contributed by atoms with Gasteiger partial charge in [0, 0.05) is 42.8 Å². The van der Waals surface area contributed by atoms with Crippen molar-refractivity contribution in [2.75, 3.05) is 11.4 Å². The molecule has 2 aromatic heterocycles. The molecule has 3 aromatic rings. The Balaban J connectivity index is 1.26. The fourth-order valence-corrected chi connectivity index (χ4v) is 3.86. The second-order valence-electron chi connectivity index (χ2n) is 7.51. The van der Waals surface area contributed by atoms with Crippen LogP contribution in [-0.2, 0) is 11.2 Å². The maximum Gasteiger partial charge on any atom is 0.268 e. The van der Waals surface area contributed by atoms with Crippen LogP contribution >= 0.6 is 0 Å². The van der Waals surface area contributed by atoms with Crippen LogP contribution in [0.15, 0.2) is 48.8 Å². The summed E-state index contributed by atoms with van der Waals surface area (Å²) in [5.41, 5.74) is 1.14. The first-order valence-electron chi connectivity index (χ1n) is 10.1. The van der Waals surface area contributed by atoms with Crippen LogP contribution in [0, 0.1) is 11.6 Å². The number of ether oxygens (including phenoxy) is 2. The van der Waals surface area contributed by atoms with E-state index in [4.69, 9.17) is 9.47 Å². The van der Waals surface area contributed by atoms with Gasteiger partial charge in [-0.05, 0) is 36.2 Å². The molecule has 1 atom stereocenters. The Morgan fingerprint density at radius 3 is 2.47 bits per heavy atom. The van der Waals surface area contributed by atoms with Crippen molar-refractivity contribution in [3.63, 3.8) is 0 Å². The van der Waals surface area contributed by atoms with Crippen LogP contribution in [0.5, 0.6) is 17.5 Å². The minimum Gasteiger partial charge on any atom is -0.479 e. The number of hydrogen-bond donors (Lipinski definition) is 0. The van der Waals surface area contributed by atoms with E-state index < -0.39 is 17.7 Å². The fourth-order valence-electron chi connectivity index (χ4n) is 3.86. The van der Waals surface area contributed by atoms with E-state index >= 15 is 0 Å². The lowest BCUT2D eigenvalue weighted by atomic mass is 10.1. The zero-order valence-electron chi connectivity index (χ0n) is 16.8. The van der Waals surface area contributed by atoms with Crippen LogP contribution in [0.1, 0.15) is 28.8 Å². The number of carbonyl (C=O) groups excluding carboxylic acids is 2. The standard InChI is InChI=1S/C23H17F2N3O4/c24-13-1-5-21(26-11-13)32-22-6-2-15(12-27-22)31-20-7-8-28(23(20)30)14-9-17-16(18(25)10-14)3-4-19(17)29/h1-2,5-6,9-12,20H,3-4,7-8H2. The van der Waals surface area contributed by atoms with Crippen LogP contribution < -0.4 is 14.4 Å². The first kappa shape index (κ1) is 20.0. The van der Waals surface area contributed by atoms with Crippen molar-refractivity contribution >= 4 is 17.4 Å². The summed E-state index contributed by atoms with van der Waals surface area (Å²) < 4.78 is 38.5. The van der Waals surface area contributed by atoms with Crippen LogP contribution in [0.2, 0.25) is 0 Å². The molecule has 2 aliphatic rings. The Morgan fingerprint density at radius 2 is 1.75 bits per heavy atom. The summed E-state index contributed by atoms with van der Waals surface area (Å²) in [6.07, 6.45) is 2.77. The van der Waals surface area contributed by atoms with E-state index in [9.17, 15) is 18.4 Å². The van der Waals surface area contributed by atoms with Crippen molar-refractivity contribution in [1.82, 2.24) is 9.97 Å². The van der Waals surface area contributed by atoms with Crippen molar-refractivity contribution in [3.8, 4) is 17.5 Å². The number of Topliss-reactive ketones (excluding diaryl/α,β-unsaturated/α-hetero) is 1. The van der Waals surface area contributed by atoms with Crippen LogP contribution in [0.25, 0.3) is 0 Å². The molecule has 0 radical (unpaired) electrons. The maximum absolute atomic E-state index is 14.4. The van der Waals surface area contributed by atoms with Gasteiger partial charge in [0.15, 0.2) is 11.9 Å². The first-order valence-corrected chi connectivity index (χ1v) is 10.1. The highest BCUT2D eigenvalue weighted by molar-refractivity contribution is 6.04. The lowest BCUT2D eigenvalue weighted by Gasteiger charge is -2.18. The van der Waals surface area contributed by atoms with Gasteiger partial charge < -0.3 is 14.4 Å². The molecular weight excluding hydrogens is 420 g/mol. The molecule has 1 aromatic carbocycles. The van der Waals surface area contributed by atoms with Gasteiger partial charge in [-0.3, -0.25) is 9.59 Å². The number of ketones is 1. The van der Waals surface area contributed by atoms with Crippen molar-refractivity contribution < 1.29 is 27.8 Å². The lowest BCUT2D eigenvalue weighted by molar-refractivity contribution is -0.122. The van der Waals surface area contributed by atoms with Gasteiger partial charge in [0.05, 0.1) is 12.4 Å². The number of rotatable bonds is 5. The first-order chi connectivity index (χ1) is 15.5. The highest BCUT2D eigenvalue weighted by Gasteiger charge is 2.36. The summed E-state index contributed by atoms with van der Waals surface area (Å²) in [5, 5.41) is 0. The van der Waals surface area contributed by atoms with Gasteiger partial charge >= 0.3 is 0 Å². The molecule has 32 heavy (non-hydrogen) atoms. The molecular formula is C23H17F2N3O4. The maximum atomic E-state index is 14.4. The Morgan fingerprint density at radius 1 is 0.969 bits per heavy atom. The van der Waals surface area contributed by atoms with Gasteiger partial charge in [0.1, 0.15) is 17.4 Å². The van der Waals surface area contributed by atoms with E-state index in [0.717, 1.165) is 6.20 Å². The van der Waals surface area contributed by atoms with Gasteiger partial charge in [0.25, 0.3) is 5.91 Å². The monoisotopic (exact) mass is 437 g/mol. The Hall–Kier alpha value is -3.88. The number of amides is 1. The highest BCUT2D eigenvalue weighted by atomic mass is 19.1. The molecule has 1 aliphatic carbocycles. The van der Waals surface area contributed by atoms with E-state index in [2.05, 4.69) is 9.97 Å². The highest BCUT2D eigenvalue weighted by Crippen LogP contribution is 2.32. The van der Waals surface area contributed by atoms with Crippen molar-refractivity contribution in [3.05, 3.63) is 71.6 Å². The molecule has 162 valence electrons. The predicted octanol–water partition coefficient (Wildman–Crippen LogP) is 3.86. The van der Waals surface area contributed by atoms with Crippen molar-refractivity contribution in [2.24, 2.45) is 0 Å². The average Bonchev–Trinajstić information content (AvgIpc) is 3.34. The smallest absolute Gasteiger partial charge is 0.268 e. The molecule has 3 heterocycles. The molecule has 0 saturated carbocycles. The minimum atomic E-state index is -0.755. The summed E-state index contributed by atoms with van der Waals surface area (Å²) in [4.78, 5) is 34.2. The summed E-state index contributed by atoms with van der Waals surface area (Å²) in [6.45, 7) is 0.348. The third-order valence-corrected chi connectivity index (χ3v) is 5.45. The topological polar surface area (TPSA) is 81.6 Å². The van der Waals surface area contributed by atoms with Crippen LogP contribution in [-0.4, -0.2) is 34.3 Å². The predicted molar refractivity (Wildman–Crippen MR) is 109 cm³/mol. The Bertz CT molecular complexity index is 1200. The third-order valence-electron chi connectivity index (χ3n) is 5.45. The quantitative estimate of drug-likeness (QED) is 0.603. The number of fused-ring (bicyclic) bond motifs is 1. The summed E-state index contributed by atoms with van der Waals surface area (Å²) in [5.74, 6) is -0.576. The molecule has 1 fully saturated rings. The number of pyridine rings is 2. The normalized spacial score (nSPS) is 17.6. The molecule has 0 spiro atoms. The van der Waals surface area contributed by atoms with E-state index in [-0.39, 0.29) is 23.5 Å². The van der Waals surface area contributed by atoms with E-state index in [1.165, 1.54) is 29.3 Å². The van der Waals surface area contributed by atoms with Gasteiger partial charge in [0.2, 0.25) is 11.8 Å². The lowest BCUT2D eigenvalue weighted by Crippen LogP contribution is -2.32. The summed E-state index contributed by atoms with van der Waals surface area (Å²) in [6, 6.07) is 8.62. The van der Waals surface area contributed by atoms with Crippen LogP contribution in [0.4, 0.5) is 14.5 Å². The molecule has 1 aliphatic heterocycles. The average molecular weight is 437 g/mol. The number of nitrogens with zero attached hydrogens (tertiary/aromatic N) is 3. The summed E-state index contributed by atoms with van der Waals surface area (Å²) in [7, 11) is 0. The van der Waals surface area contributed by atoms with Gasteiger partial charge in [-0.25, -0.2) is 18.7 Å². The molecule has 9 heteroatoms. The second-order valence-corrected chi connectivity index (χ2v) is 7.51. The van der Waals surface area contributed by atoms with Crippen LogP contribution in [0.3, 0.4) is 0 Å². The second kappa shape index (κ2) is 7.99.